The van der Waals surface area contributed by atoms with E-state index in [1.54, 1.807) is 0 Å². The molecule has 3 N–H and O–H groups in total. The van der Waals surface area contributed by atoms with Crippen molar-refractivity contribution in [2.75, 3.05) is 11.9 Å². The van der Waals surface area contributed by atoms with Gasteiger partial charge >= 0.3 is 0 Å². The minimum absolute atomic E-state index is 0.411. The monoisotopic (exact) mass is 276 g/mol. The number of benzene rings is 1. The van der Waals surface area contributed by atoms with Gasteiger partial charge in [0.2, 0.25) is 0 Å². The lowest BCUT2D eigenvalue weighted by Crippen LogP contribution is -2.29. The van der Waals surface area contributed by atoms with Gasteiger partial charge in [0, 0.05) is 17.8 Å². The summed E-state index contributed by atoms with van der Waals surface area (Å²) in [5.74, 6) is 0. The largest absolute Gasteiger partial charge is 0.389 e. The zero-order valence-electron chi connectivity index (χ0n) is 12.0. The summed E-state index contributed by atoms with van der Waals surface area (Å²) < 4.78 is 0. The average Bonchev–Trinajstić information content (AvgIpc) is 2.38. The highest BCUT2D eigenvalue weighted by molar-refractivity contribution is 7.80. The van der Waals surface area contributed by atoms with Crippen LogP contribution in [0.2, 0.25) is 0 Å². The molecule has 0 unspecified atom stereocenters. The molecule has 0 aromatic heterocycles. The lowest BCUT2D eigenvalue weighted by Gasteiger charge is -2.34. The Balaban J connectivity index is 2.12. The van der Waals surface area contributed by atoms with Crippen LogP contribution in [0.15, 0.2) is 18.2 Å². The molecule has 0 saturated heterocycles. The molecule has 2 rings (SSSR count). The fraction of sp³-hybridized carbons (Fsp3) is 0.562. The fourth-order valence-electron chi connectivity index (χ4n) is 2.99. The van der Waals surface area contributed by atoms with E-state index in [9.17, 15) is 0 Å². The topological polar surface area (TPSA) is 38.0 Å². The Kier molecular flexibility index (Phi) is 4.46. The first-order chi connectivity index (χ1) is 9.02. The molecule has 1 aliphatic rings. The summed E-state index contributed by atoms with van der Waals surface area (Å²) in [6.07, 6.45) is 6.73. The van der Waals surface area contributed by atoms with Crippen molar-refractivity contribution >= 4 is 22.9 Å². The molecular formula is C16H24N2S. The van der Waals surface area contributed by atoms with Gasteiger partial charge in [0.05, 0.1) is 0 Å². The molecule has 0 atom stereocenters. The molecule has 1 fully saturated rings. The van der Waals surface area contributed by atoms with Crippen molar-refractivity contribution in [1.82, 2.24) is 0 Å². The zero-order valence-corrected chi connectivity index (χ0v) is 12.8. The molecule has 1 saturated carbocycles. The van der Waals surface area contributed by atoms with Crippen LogP contribution in [0.3, 0.4) is 0 Å². The standard InChI is InChI=1S/C16H24N2S/c1-12-7-6-8-13(15(17)19)14(12)18-11-16(2)9-4-3-5-10-16/h6-8,18H,3-5,9-11H2,1-2H3,(H2,17,19). The number of thiocarbonyl (C=S) groups is 1. The van der Waals surface area contributed by atoms with Crippen LogP contribution >= 0.6 is 12.2 Å². The molecule has 0 radical (unpaired) electrons. The van der Waals surface area contributed by atoms with Gasteiger partial charge in [0.25, 0.3) is 0 Å². The molecular weight excluding hydrogens is 252 g/mol. The Morgan fingerprint density at radius 3 is 2.63 bits per heavy atom. The van der Waals surface area contributed by atoms with E-state index >= 15 is 0 Å². The normalized spacial score (nSPS) is 18.0. The van der Waals surface area contributed by atoms with E-state index < -0.39 is 0 Å². The third-order valence-corrected chi connectivity index (χ3v) is 4.51. The van der Waals surface area contributed by atoms with Crippen molar-refractivity contribution in [1.29, 1.82) is 0 Å². The third-order valence-electron chi connectivity index (χ3n) is 4.29. The average molecular weight is 276 g/mol. The molecule has 104 valence electrons. The van der Waals surface area contributed by atoms with Crippen molar-refractivity contribution in [3.63, 3.8) is 0 Å². The van der Waals surface area contributed by atoms with E-state index in [4.69, 9.17) is 18.0 Å². The molecule has 1 aromatic carbocycles. The van der Waals surface area contributed by atoms with Crippen LogP contribution < -0.4 is 11.1 Å². The van der Waals surface area contributed by atoms with Crippen molar-refractivity contribution in [3.05, 3.63) is 29.3 Å². The second-order valence-corrected chi connectivity index (χ2v) is 6.53. The summed E-state index contributed by atoms with van der Waals surface area (Å²) in [5.41, 5.74) is 9.52. The minimum atomic E-state index is 0.411. The second kappa shape index (κ2) is 5.91. The van der Waals surface area contributed by atoms with Gasteiger partial charge in [-0.3, -0.25) is 0 Å². The minimum Gasteiger partial charge on any atom is -0.389 e. The summed E-state index contributed by atoms with van der Waals surface area (Å²) in [6, 6.07) is 6.12. The van der Waals surface area contributed by atoms with E-state index in [1.165, 1.54) is 37.7 Å². The number of rotatable bonds is 4. The van der Waals surface area contributed by atoms with Crippen LogP contribution in [0.4, 0.5) is 5.69 Å². The van der Waals surface area contributed by atoms with E-state index in [2.05, 4.69) is 25.2 Å². The van der Waals surface area contributed by atoms with Crippen molar-refractivity contribution in [2.24, 2.45) is 11.1 Å². The number of hydrogen-bond donors (Lipinski definition) is 2. The number of hydrogen-bond acceptors (Lipinski definition) is 2. The van der Waals surface area contributed by atoms with E-state index in [0.29, 0.717) is 10.4 Å². The molecule has 1 aromatic rings. The number of nitrogens with two attached hydrogens (primary N) is 1. The van der Waals surface area contributed by atoms with Gasteiger partial charge in [-0.1, -0.05) is 50.5 Å². The lowest BCUT2D eigenvalue weighted by molar-refractivity contribution is 0.233. The van der Waals surface area contributed by atoms with Crippen molar-refractivity contribution in [2.45, 2.75) is 46.0 Å². The third kappa shape index (κ3) is 3.47. The summed E-state index contributed by atoms with van der Waals surface area (Å²) in [7, 11) is 0. The van der Waals surface area contributed by atoms with Gasteiger partial charge in [-0.2, -0.15) is 0 Å². The highest BCUT2D eigenvalue weighted by atomic mass is 32.1. The van der Waals surface area contributed by atoms with Gasteiger partial charge in [-0.15, -0.1) is 0 Å². The first kappa shape index (κ1) is 14.3. The number of para-hydroxylation sites is 1. The Hall–Kier alpha value is -1.09. The first-order valence-electron chi connectivity index (χ1n) is 7.15. The number of anilines is 1. The molecule has 0 aliphatic heterocycles. The van der Waals surface area contributed by atoms with Gasteiger partial charge in [-0.25, -0.2) is 0 Å². The molecule has 2 nitrogen and oxygen atoms in total. The van der Waals surface area contributed by atoms with Crippen LogP contribution in [-0.4, -0.2) is 11.5 Å². The molecule has 1 aliphatic carbocycles. The maximum Gasteiger partial charge on any atom is 0.106 e. The van der Waals surface area contributed by atoms with Crippen LogP contribution in [0, 0.1) is 12.3 Å². The molecule has 0 bridgehead atoms. The Labute approximate surface area is 121 Å². The molecule has 19 heavy (non-hydrogen) atoms. The summed E-state index contributed by atoms with van der Waals surface area (Å²) in [5, 5.41) is 3.61. The molecule has 3 heteroatoms. The summed E-state index contributed by atoms with van der Waals surface area (Å²) in [4.78, 5) is 0.472. The molecule has 0 heterocycles. The smallest absolute Gasteiger partial charge is 0.106 e. The highest BCUT2D eigenvalue weighted by Gasteiger charge is 2.26. The SMILES string of the molecule is Cc1cccc(C(N)=S)c1NCC1(C)CCCCC1. The quantitative estimate of drug-likeness (QED) is 0.816. The Bertz CT molecular complexity index is 462. The predicted octanol–water partition coefficient (Wildman–Crippen LogP) is 4.01. The number of aryl methyl sites for hydroxylation is 1. The molecule has 0 spiro atoms. The summed E-state index contributed by atoms with van der Waals surface area (Å²) >= 11 is 5.15. The highest BCUT2D eigenvalue weighted by Crippen LogP contribution is 2.36. The Morgan fingerprint density at radius 2 is 2.00 bits per heavy atom. The van der Waals surface area contributed by atoms with Gasteiger partial charge < -0.3 is 11.1 Å². The van der Waals surface area contributed by atoms with Gasteiger partial charge in [0.1, 0.15) is 4.99 Å². The van der Waals surface area contributed by atoms with E-state index in [1.807, 2.05) is 12.1 Å². The van der Waals surface area contributed by atoms with Gasteiger partial charge in [0.15, 0.2) is 0 Å². The predicted molar refractivity (Wildman–Crippen MR) is 86.7 cm³/mol. The van der Waals surface area contributed by atoms with Crippen LogP contribution in [-0.2, 0) is 0 Å². The zero-order chi connectivity index (χ0) is 13.9. The maximum absolute atomic E-state index is 5.82. The fourth-order valence-corrected chi connectivity index (χ4v) is 3.16. The van der Waals surface area contributed by atoms with Gasteiger partial charge in [-0.05, 0) is 36.8 Å². The maximum atomic E-state index is 5.82. The van der Waals surface area contributed by atoms with Crippen LogP contribution in [0.25, 0.3) is 0 Å². The Morgan fingerprint density at radius 1 is 1.32 bits per heavy atom. The second-order valence-electron chi connectivity index (χ2n) is 6.09. The summed E-state index contributed by atoms with van der Waals surface area (Å²) in [6.45, 7) is 5.50. The lowest BCUT2D eigenvalue weighted by atomic mass is 9.75. The van der Waals surface area contributed by atoms with E-state index in [0.717, 1.165) is 17.8 Å². The first-order valence-corrected chi connectivity index (χ1v) is 7.56. The molecule has 0 amide bonds. The van der Waals surface area contributed by atoms with Crippen molar-refractivity contribution < 1.29 is 0 Å². The van der Waals surface area contributed by atoms with Crippen LogP contribution in [0.1, 0.15) is 50.2 Å². The van der Waals surface area contributed by atoms with Crippen LogP contribution in [0.5, 0.6) is 0 Å². The van der Waals surface area contributed by atoms with E-state index in [-0.39, 0.29) is 0 Å². The number of nitrogens with one attached hydrogen (secondary N) is 1. The van der Waals surface area contributed by atoms with Crippen molar-refractivity contribution in [3.8, 4) is 0 Å².